The number of aryl methyl sites for hydroxylation is 1. The molecule has 3 heterocycles. The van der Waals surface area contributed by atoms with Gasteiger partial charge in [0.15, 0.2) is 0 Å². The summed E-state index contributed by atoms with van der Waals surface area (Å²) in [5, 5.41) is 3.10. The highest BCUT2D eigenvalue weighted by Gasteiger charge is 2.53. The van der Waals surface area contributed by atoms with Gasteiger partial charge in [-0.05, 0) is 56.2 Å². The second-order valence-corrected chi connectivity index (χ2v) is 12.1. The molecule has 8 nitrogen and oxygen atoms in total. The first-order valence-electron chi connectivity index (χ1n) is 16.1. The molecule has 1 spiro atoms. The lowest BCUT2D eigenvalue weighted by Crippen LogP contribution is -2.73. The molecule has 0 saturated carbocycles. The number of nitrogens with zero attached hydrogens (tertiary/aromatic N) is 4. The molecule has 0 unspecified atom stereocenters. The highest BCUT2D eigenvalue weighted by atomic mass is 16.5. The van der Waals surface area contributed by atoms with E-state index in [-0.39, 0.29) is 11.8 Å². The molecule has 2 aliphatic rings. The van der Waals surface area contributed by atoms with Crippen LogP contribution in [0.4, 0.5) is 0 Å². The Morgan fingerprint density at radius 1 is 0.907 bits per heavy atom. The molecule has 2 amide bonds. The molecular formula is C35H47N5O3. The minimum Gasteiger partial charge on any atom is -0.356 e. The Balaban J connectivity index is 1.07. The second-order valence-electron chi connectivity index (χ2n) is 12.1. The van der Waals surface area contributed by atoms with Gasteiger partial charge in [-0.25, -0.2) is 4.98 Å². The Hall–Kier alpha value is -3.49. The molecule has 8 heteroatoms. The average molecular weight is 586 g/mol. The van der Waals surface area contributed by atoms with Crippen LogP contribution in [0.5, 0.6) is 0 Å². The van der Waals surface area contributed by atoms with Crippen molar-refractivity contribution >= 4 is 11.8 Å². The molecular weight excluding hydrogens is 538 g/mol. The first-order valence-corrected chi connectivity index (χ1v) is 16.1. The molecule has 1 aromatic heterocycles. The van der Waals surface area contributed by atoms with E-state index in [4.69, 9.17) is 4.74 Å². The van der Waals surface area contributed by atoms with E-state index in [1.54, 1.807) is 6.33 Å². The molecule has 2 saturated heterocycles. The predicted molar refractivity (Wildman–Crippen MR) is 168 cm³/mol. The summed E-state index contributed by atoms with van der Waals surface area (Å²) in [4.78, 5) is 36.3. The largest absolute Gasteiger partial charge is 0.356 e. The molecule has 2 aromatic carbocycles. The van der Waals surface area contributed by atoms with E-state index in [9.17, 15) is 9.59 Å². The van der Waals surface area contributed by atoms with E-state index in [1.165, 1.54) is 31.2 Å². The molecule has 5 rings (SSSR count). The predicted octanol–water partition coefficient (Wildman–Crippen LogP) is 4.97. The SMILES string of the molecule is CCCN1C(=O)[C@@H](Cc2cn(COCc3ccccc3)cn2)NC(=O)C12CCN(CCCCCCc1ccccc1)CC2. The maximum atomic E-state index is 13.8. The lowest BCUT2D eigenvalue weighted by Gasteiger charge is -2.51. The molecule has 2 fully saturated rings. The van der Waals surface area contributed by atoms with Crippen LogP contribution in [0.1, 0.15) is 68.7 Å². The number of carbonyl (C=O) groups excluding carboxylic acids is 2. The van der Waals surface area contributed by atoms with E-state index in [1.807, 2.05) is 46.0 Å². The van der Waals surface area contributed by atoms with Crippen LogP contribution >= 0.6 is 0 Å². The van der Waals surface area contributed by atoms with Crippen molar-refractivity contribution in [2.24, 2.45) is 0 Å². The van der Waals surface area contributed by atoms with Gasteiger partial charge in [0.2, 0.25) is 11.8 Å². The average Bonchev–Trinajstić information content (AvgIpc) is 3.48. The van der Waals surface area contributed by atoms with Crippen molar-refractivity contribution in [2.45, 2.75) is 89.6 Å². The minimum atomic E-state index is -0.736. The summed E-state index contributed by atoms with van der Waals surface area (Å²) in [6.45, 7) is 6.34. The van der Waals surface area contributed by atoms with Crippen LogP contribution in [-0.2, 0) is 40.5 Å². The van der Waals surface area contributed by atoms with Crippen LogP contribution in [-0.4, -0.2) is 68.9 Å². The molecule has 0 bridgehead atoms. The lowest BCUT2D eigenvalue weighted by atomic mass is 9.81. The van der Waals surface area contributed by atoms with Gasteiger partial charge >= 0.3 is 0 Å². The summed E-state index contributed by atoms with van der Waals surface area (Å²) >= 11 is 0. The third kappa shape index (κ3) is 8.12. The number of unbranched alkanes of at least 4 members (excludes halogenated alkanes) is 3. The van der Waals surface area contributed by atoms with Gasteiger partial charge in [-0.2, -0.15) is 0 Å². The van der Waals surface area contributed by atoms with Gasteiger partial charge in [0.05, 0.1) is 18.6 Å². The number of imidazole rings is 1. The zero-order valence-electron chi connectivity index (χ0n) is 25.6. The van der Waals surface area contributed by atoms with Crippen LogP contribution in [0.3, 0.4) is 0 Å². The van der Waals surface area contributed by atoms with Gasteiger partial charge in [0, 0.05) is 32.3 Å². The summed E-state index contributed by atoms with van der Waals surface area (Å²) < 4.78 is 7.69. The number of carbonyl (C=O) groups is 2. The molecule has 0 radical (unpaired) electrons. The van der Waals surface area contributed by atoms with Crippen LogP contribution < -0.4 is 5.32 Å². The minimum absolute atomic E-state index is 0.00302. The normalized spacial score (nSPS) is 18.7. The number of hydrogen-bond donors (Lipinski definition) is 1. The van der Waals surface area contributed by atoms with E-state index >= 15 is 0 Å². The number of aromatic nitrogens is 2. The quantitative estimate of drug-likeness (QED) is 0.255. The summed E-state index contributed by atoms with van der Waals surface area (Å²) in [5.74, 6) is 0.0138. The van der Waals surface area contributed by atoms with Crippen LogP contribution in [0.2, 0.25) is 0 Å². The second kappa shape index (κ2) is 15.3. The zero-order valence-corrected chi connectivity index (χ0v) is 25.6. The third-order valence-corrected chi connectivity index (χ3v) is 8.92. The molecule has 1 N–H and O–H groups in total. The fourth-order valence-electron chi connectivity index (χ4n) is 6.50. The molecule has 43 heavy (non-hydrogen) atoms. The topological polar surface area (TPSA) is 79.7 Å². The fraction of sp³-hybridized carbons (Fsp3) is 0.514. The zero-order chi connectivity index (χ0) is 29.9. The summed E-state index contributed by atoms with van der Waals surface area (Å²) in [6, 6.07) is 20.2. The number of ether oxygens (including phenoxy) is 1. The summed E-state index contributed by atoms with van der Waals surface area (Å²) in [7, 11) is 0. The van der Waals surface area contributed by atoms with Crippen LogP contribution in [0.25, 0.3) is 0 Å². The first-order chi connectivity index (χ1) is 21.1. The van der Waals surface area contributed by atoms with E-state index in [2.05, 4.69) is 52.5 Å². The van der Waals surface area contributed by atoms with Gasteiger partial charge in [0.1, 0.15) is 18.3 Å². The van der Waals surface area contributed by atoms with Gasteiger partial charge < -0.3 is 24.4 Å². The van der Waals surface area contributed by atoms with Gasteiger partial charge in [-0.1, -0.05) is 80.4 Å². The van der Waals surface area contributed by atoms with Gasteiger partial charge in [-0.3, -0.25) is 9.59 Å². The molecule has 1 atom stereocenters. The maximum Gasteiger partial charge on any atom is 0.246 e. The number of hydrogen-bond acceptors (Lipinski definition) is 5. The van der Waals surface area contributed by atoms with Crippen molar-refractivity contribution in [3.8, 4) is 0 Å². The highest BCUT2D eigenvalue weighted by molar-refractivity contribution is 6.00. The number of amides is 2. The smallest absolute Gasteiger partial charge is 0.246 e. The molecule has 230 valence electrons. The number of rotatable bonds is 15. The number of nitrogens with one attached hydrogen (secondary N) is 1. The Morgan fingerprint density at radius 2 is 1.60 bits per heavy atom. The van der Waals surface area contributed by atoms with E-state index in [0.29, 0.717) is 39.1 Å². The van der Waals surface area contributed by atoms with Crippen molar-refractivity contribution in [3.05, 3.63) is 90.0 Å². The fourth-order valence-corrected chi connectivity index (χ4v) is 6.50. The van der Waals surface area contributed by atoms with Gasteiger partial charge in [-0.15, -0.1) is 0 Å². The Bertz CT molecular complexity index is 1290. The Labute approximate surface area is 256 Å². The molecule has 0 aliphatic carbocycles. The van der Waals surface area contributed by atoms with Crippen molar-refractivity contribution in [2.75, 3.05) is 26.2 Å². The Kier molecular flexibility index (Phi) is 11.0. The third-order valence-electron chi connectivity index (χ3n) is 8.92. The van der Waals surface area contributed by atoms with E-state index in [0.717, 1.165) is 43.7 Å². The highest BCUT2D eigenvalue weighted by Crippen LogP contribution is 2.34. The Morgan fingerprint density at radius 3 is 2.33 bits per heavy atom. The van der Waals surface area contributed by atoms with E-state index < -0.39 is 11.6 Å². The monoisotopic (exact) mass is 585 g/mol. The van der Waals surface area contributed by atoms with Crippen LogP contribution in [0.15, 0.2) is 73.2 Å². The van der Waals surface area contributed by atoms with Crippen molar-refractivity contribution in [1.82, 2.24) is 24.7 Å². The lowest BCUT2D eigenvalue weighted by molar-refractivity contribution is -0.161. The maximum absolute atomic E-state index is 13.8. The van der Waals surface area contributed by atoms with Crippen molar-refractivity contribution < 1.29 is 14.3 Å². The van der Waals surface area contributed by atoms with Crippen molar-refractivity contribution in [3.63, 3.8) is 0 Å². The summed E-state index contributed by atoms with van der Waals surface area (Å²) in [5.41, 5.74) is 2.57. The molecule has 2 aliphatic heterocycles. The first kappa shape index (κ1) is 31.0. The number of benzene rings is 2. The van der Waals surface area contributed by atoms with Crippen molar-refractivity contribution in [1.29, 1.82) is 0 Å². The number of piperidine rings is 1. The standard InChI is InChI=1S/C35H47N5O3/c1-2-20-40-33(41)32(24-31-25-39(27-36-31)28-43-26-30-16-10-6-11-17-30)37-34(42)35(40)18-22-38(23-19-35)21-12-4-3-7-13-29-14-8-5-9-15-29/h5-6,8-11,14-17,25,27,32H,2-4,7,12-13,18-24,26,28H2,1H3,(H,37,42)/t32-/m1/s1. The molecule has 3 aromatic rings. The van der Waals surface area contributed by atoms with Gasteiger partial charge in [0.25, 0.3) is 0 Å². The summed E-state index contributed by atoms with van der Waals surface area (Å²) in [6.07, 6.45) is 12.2. The number of likely N-dealkylation sites (tertiary alicyclic amines) is 1. The number of piperazine rings is 1. The van der Waals surface area contributed by atoms with Crippen LogP contribution in [0, 0.1) is 0 Å².